The third kappa shape index (κ3) is 3.47. The van der Waals surface area contributed by atoms with E-state index >= 15 is 0 Å². The number of nitrogens with one attached hydrogen (secondary N) is 1. The lowest BCUT2D eigenvalue weighted by Gasteiger charge is -2.17. The molecule has 5 heteroatoms. The molecular formula is C11H16ClN3O. The largest absolute Gasteiger partial charge is 0.340 e. The smallest absolute Gasteiger partial charge is 0.253 e. The van der Waals surface area contributed by atoms with Crippen molar-refractivity contribution < 1.29 is 4.79 Å². The van der Waals surface area contributed by atoms with E-state index in [0.717, 1.165) is 12.2 Å². The number of carbonyl (C=O) groups excluding carboxylic acids is 1. The number of hydrogen-bond acceptors (Lipinski definition) is 3. The summed E-state index contributed by atoms with van der Waals surface area (Å²) >= 11 is 5.81. The van der Waals surface area contributed by atoms with Gasteiger partial charge in [-0.1, -0.05) is 11.6 Å². The van der Waals surface area contributed by atoms with Crippen LogP contribution < -0.4 is 5.32 Å². The van der Waals surface area contributed by atoms with Crippen LogP contribution in [0.25, 0.3) is 0 Å². The van der Waals surface area contributed by atoms with Gasteiger partial charge in [-0.25, -0.2) is 4.98 Å². The normalized spacial score (nSPS) is 10.2. The quantitative estimate of drug-likeness (QED) is 0.810. The maximum absolute atomic E-state index is 12.0. The molecule has 0 aliphatic carbocycles. The summed E-state index contributed by atoms with van der Waals surface area (Å²) in [6, 6.07) is 3.33. The molecule has 88 valence electrons. The first kappa shape index (κ1) is 12.9. The van der Waals surface area contributed by atoms with Crippen LogP contribution in [-0.2, 0) is 0 Å². The van der Waals surface area contributed by atoms with Gasteiger partial charge in [-0.2, -0.15) is 0 Å². The zero-order chi connectivity index (χ0) is 12.1. The zero-order valence-corrected chi connectivity index (χ0v) is 10.5. The molecule has 16 heavy (non-hydrogen) atoms. The predicted octanol–water partition coefficient (Wildman–Crippen LogP) is 1.33. The lowest BCUT2D eigenvalue weighted by atomic mass is 10.2. The monoisotopic (exact) mass is 241 g/mol. The zero-order valence-electron chi connectivity index (χ0n) is 9.75. The molecule has 1 aromatic rings. The number of likely N-dealkylation sites (N-methyl/N-ethyl adjacent to an activating group) is 2. The van der Waals surface area contributed by atoms with Gasteiger partial charge in [-0.3, -0.25) is 4.79 Å². The number of hydrogen-bond donors (Lipinski definition) is 1. The van der Waals surface area contributed by atoms with Crippen LogP contribution in [0.1, 0.15) is 16.1 Å². The Balaban J connectivity index is 2.79. The van der Waals surface area contributed by atoms with E-state index in [4.69, 9.17) is 11.6 Å². The van der Waals surface area contributed by atoms with E-state index in [1.165, 1.54) is 0 Å². The third-order valence-corrected chi connectivity index (χ3v) is 2.41. The summed E-state index contributed by atoms with van der Waals surface area (Å²) in [5.41, 5.74) is 1.33. The Morgan fingerprint density at radius 2 is 2.25 bits per heavy atom. The minimum Gasteiger partial charge on any atom is -0.340 e. The molecule has 0 radical (unpaired) electrons. The molecule has 4 nitrogen and oxygen atoms in total. The molecule has 0 aliphatic heterocycles. The third-order valence-electron chi connectivity index (χ3n) is 2.21. The van der Waals surface area contributed by atoms with Crippen molar-refractivity contribution >= 4 is 17.5 Å². The van der Waals surface area contributed by atoms with Gasteiger partial charge in [0.25, 0.3) is 5.91 Å². The molecule has 0 aliphatic rings. The first-order valence-corrected chi connectivity index (χ1v) is 5.46. The van der Waals surface area contributed by atoms with Crippen LogP contribution in [0, 0.1) is 6.92 Å². The van der Waals surface area contributed by atoms with E-state index in [9.17, 15) is 4.79 Å². The first-order valence-electron chi connectivity index (χ1n) is 5.09. The van der Waals surface area contributed by atoms with Crippen molar-refractivity contribution in [1.82, 2.24) is 15.2 Å². The Kier molecular flexibility index (Phi) is 4.71. The summed E-state index contributed by atoms with van der Waals surface area (Å²) in [6.07, 6.45) is 0. The summed E-state index contributed by atoms with van der Waals surface area (Å²) in [6.45, 7) is 3.24. The standard InChI is InChI=1S/C11H16ClN3O/c1-8-6-9(7-10(12)14-8)11(16)15(3)5-4-13-2/h6-7,13H,4-5H2,1-3H3. The number of rotatable bonds is 4. The summed E-state index contributed by atoms with van der Waals surface area (Å²) < 4.78 is 0. The average Bonchev–Trinajstić information content (AvgIpc) is 2.23. The first-order chi connectivity index (χ1) is 7.54. The molecule has 0 unspecified atom stereocenters. The van der Waals surface area contributed by atoms with Crippen molar-refractivity contribution in [2.24, 2.45) is 0 Å². The second kappa shape index (κ2) is 5.82. The van der Waals surface area contributed by atoms with Gasteiger partial charge < -0.3 is 10.2 Å². The van der Waals surface area contributed by atoms with Crippen molar-refractivity contribution in [1.29, 1.82) is 0 Å². The molecule has 0 fully saturated rings. The Bertz CT molecular complexity index is 361. The minimum atomic E-state index is -0.0392. The van der Waals surface area contributed by atoms with Gasteiger partial charge in [-0.15, -0.1) is 0 Å². The molecule has 0 saturated heterocycles. The van der Waals surface area contributed by atoms with Gasteiger partial charge >= 0.3 is 0 Å². The summed E-state index contributed by atoms with van der Waals surface area (Å²) in [7, 11) is 3.62. The van der Waals surface area contributed by atoms with E-state index < -0.39 is 0 Å². The minimum absolute atomic E-state index is 0.0392. The highest BCUT2D eigenvalue weighted by Gasteiger charge is 2.12. The Morgan fingerprint density at radius 1 is 1.56 bits per heavy atom. The fourth-order valence-corrected chi connectivity index (χ4v) is 1.60. The van der Waals surface area contributed by atoms with E-state index in [1.54, 1.807) is 24.1 Å². The highest BCUT2D eigenvalue weighted by atomic mass is 35.5. The van der Waals surface area contributed by atoms with Gasteiger partial charge in [0.1, 0.15) is 5.15 Å². The number of pyridine rings is 1. The van der Waals surface area contributed by atoms with E-state index in [-0.39, 0.29) is 5.91 Å². The molecule has 1 heterocycles. The molecule has 0 aromatic carbocycles. The summed E-state index contributed by atoms with van der Waals surface area (Å²) in [4.78, 5) is 17.6. The van der Waals surface area contributed by atoms with Crippen LogP contribution in [0.3, 0.4) is 0 Å². The Hall–Kier alpha value is -1.13. The van der Waals surface area contributed by atoms with E-state index in [1.807, 2.05) is 14.0 Å². The molecule has 1 N–H and O–H groups in total. The van der Waals surface area contributed by atoms with Crippen LogP contribution in [0.5, 0.6) is 0 Å². The Labute approximate surface area is 101 Å². The van der Waals surface area contributed by atoms with E-state index in [0.29, 0.717) is 17.3 Å². The maximum Gasteiger partial charge on any atom is 0.253 e. The van der Waals surface area contributed by atoms with Crippen molar-refractivity contribution in [2.45, 2.75) is 6.92 Å². The highest BCUT2D eigenvalue weighted by molar-refractivity contribution is 6.29. The molecule has 0 atom stereocenters. The van der Waals surface area contributed by atoms with Gasteiger partial charge in [0, 0.05) is 31.4 Å². The molecule has 1 aromatic heterocycles. The van der Waals surface area contributed by atoms with Crippen LogP contribution >= 0.6 is 11.6 Å². The topological polar surface area (TPSA) is 45.2 Å². The molecule has 1 amide bonds. The Morgan fingerprint density at radius 3 is 2.81 bits per heavy atom. The lowest BCUT2D eigenvalue weighted by Crippen LogP contribution is -2.32. The van der Waals surface area contributed by atoms with Crippen LogP contribution in [0.15, 0.2) is 12.1 Å². The van der Waals surface area contributed by atoms with Crippen molar-refractivity contribution in [3.8, 4) is 0 Å². The van der Waals surface area contributed by atoms with Crippen molar-refractivity contribution in [3.63, 3.8) is 0 Å². The molecule has 0 bridgehead atoms. The highest BCUT2D eigenvalue weighted by Crippen LogP contribution is 2.11. The van der Waals surface area contributed by atoms with Gasteiger partial charge in [-0.05, 0) is 26.1 Å². The fourth-order valence-electron chi connectivity index (χ4n) is 1.35. The van der Waals surface area contributed by atoms with Crippen molar-refractivity contribution in [2.75, 3.05) is 27.2 Å². The number of aromatic nitrogens is 1. The molecule has 0 spiro atoms. The van der Waals surface area contributed by atoms with Crippen molar-refractivity contribution in [3.05, 3.63) is 28.5 Å². The average molecular weight is 242 g/mol. The number of amides is 1. The van der Waals surface area contributed by atoms with Gasteiger partial charge in [0.2, 0.25) is 0 Å². The summed E-state index contributed by atoms with van der Waals surface area (Å²) in [5, 5.41) is 3.35. The van der Waals surface area contributed by atoms with Gasteiger partial charge in [0.15, 0.2) is 0 Å². The SMILES string of the molecule is CNCCN(C)C(=O)c1cc(C)nc(Cl)c1. The lowest BCUT2D eigenvalue weighted by molar-refractivity contribution is 0.0796. The maximum atomic E-state index is 12.0. The van der Waals surface area contributed by atoms with Crippen LogP contribution in [0.2, 0.25) is 5.15 Å². The van der Waals surface area contributed by atoms with Crippen LogP contribution in [-0.4, -0.2) is 43.0 Å². The van der Waals surface area contributed by atoms with Crippen LogP contribution in [0.4, 0.5) is 0 Å². The molecule has 1 rings (SSSR count). The fraction of sp³-hybridized carbons (Fsp3) is 0.455. The second-order valence-corrected chi connectivity index (χ2v) is 4.04. The van der Waals surface area contributed by atoms with Gasteiger partial charge in [0.05, 0.1) is 0 Å². The predicted molar refractivity (Wildman–Crippen MR) is 64.9 cm³/mol. The number of nitrogens with zero attached hydrogens (tertiary/aromatic N) is 2. The molecular weight excluding hydrogens is 226 g/mol. The van der Waals surface area contributed by atoms with E-state index in [2.05, 4.69) is 10.3 Å². The summed E-state index contributed by atoms with van der Waals surface area (Å²) in [5.74, 6) is -0.0392. The second-order valence-electron chi connectivity index (χ2n) is 3.65. The number of carbonyl (C=O) groups is 1. The number of aryl methyl sites for hydroxylation is 1. The molecule has 0 saturated carbocycles. The number of halogens is 1.